The number of halogens is 2. The second kappa shape index (κ2) is 7.35. The van der Waals surface area contributed by atoms with Crippen molar-refractivity contribution in [1.29, 1.82) is 0 Å². The van der Waals surface area contributed by atoms with E-state index in [0.717, 1.165) is 6.07 Å². The Kier molecular flexibility index (Phi) is 5.24. The van der Waals surface area contributed by atoms with Gasteiger partial charge in [0.05, 0.1) is 5.69 Å². The van der Waals surface area contributed by atoms with Crippen molar-refractivity contribution in [3.63, 3.8) is 0 Å². The maximum Gasteiger partial charge on any atom is 0.312 e. The minimum Gasteiger partial charge on any atom is -0.489 e. The molecule has 0 atom stereocenters. The fraction of sp³-hybridized carbons (Fsp3) is 0.125. The van der Waals surface area contributed by atoms with Crippen LogP contribution in [0.15, 0.2) is 42.5 Å². The highest BCUT2D eigenvalue weighted by Gasteiger charge is 2.11. The molecule has 0 aliphatic heterocycles. The molecule has 0 aliphatic rings. The van der Waals surface area contributed by atoms with Crippen LogP contribution in [-0.4, -0.2) is 17.0 Å². The molecule has 120 valence electrons. The Balaban J connectivity index is 1.98. The number of anilines is 1. The fourth-order valence-electron chi connectivity index (χ4n) is 1.81. The molecule has 0 saturated heterocycles. The van der Waals surface area contributed by atoms with Gasteiger partial charge in [0.1, 0.15) is 30.4 Å². The monoisotopic (exact) mass is 321 g/mol. The van der Waals surface area contributed by atoms with Crippen molar-refractivity contribution in [2.75, 3.05) is 5.32 Å². The number of hydrogen-bond acceptors (Lipinski definition) is 3. The molecule has 2 N–H and O–H groups in total. The maximum absolute atomic E-state index is 13.8. The van der Waals surface area contributed by atoms with Gasteiger partial charge in [-0.25, -0.2) is 8.78 Å². The summed E-state index contributed by atoms with van der Waals surface area (Å²) < 4.78 is 32.2. The van der Waals surface area contributed by atoms with E-state index in [4.69, 9.17) is 9.84 Å². The maximum atomic E-state index is 13.8. The Hall–Kier alpha value is -2.96. The highest BCUT2D eigenvalue weighted by molar-refractivity contribution is 6.01. The lowest BCUT2D eigenvalue weighted by molar-refractivity contribution is -0.139. The molecule has 0 unspecified atom stereocenters. The van der Waals surface area contributed by atoms with Crippen LogP contribution >= 0.6 is 0 Å². The van der Waals surface area contributed by atoms with E-state index in [-0.39, 0.29) is 18.0 Å². The summed E-state index contributed by atoms with van der Waals surface area (Å²) in [6.45, 7) is 0.0575. The normalized spacial score (nSPS) is 10.2. The van der Waals surface area contributed by atoms with E-state index in [9.17, 15) is 18.4 Å². The predicted octanol–water partition coefficient (Wildman–Crippen LogP) is 2.96. The van der Waals surface area contributed by atoms with Crippen molar-refractivity contribution in [3.05, 3.63) is 59.7 Å². The number of ether oxygens (including phenoxy) is 1. The van der Waals surface area contributed by atoms with Crippen molar-refractivity contribution >= 4 is 17.6 Å². The Morgan fingerprint density at radius 1 is 1.13 bits per heavy atom. The second-order valence-electron chi connectivity index (χ2n) is 4.68. The van der Waals surface area contributed by atoms with Crippen molar-refractivity contribution in [1.82, 2.24) is 0 Å². The number of amides is 1. The highest BCUT2D eigenvalue weighted by Crippen LogP contribution is 2.21. The van der Waals surface area contributed by atoms with Gasteiger partial charge in [-0.3, -0.25) is 9.59 Å². The molecule has 2 aromatic carbocycles. The third-order valence-electron chi connectivity index (χ3n) is 2.82. The van der Waals surface area contributed by atoms with Crippen molar-refractivity contribution in [3.8, 4) is 5.75 Å². The van der Waals surface area contributed by atoms with Crippen LogP contribution in [-0.2, 0) is 16.2 Å². The standard InChI is InChI=1S/C16H13F2NO4/c17-11-3-1-2-10(6-11)9-23-12-4-5-14(13(18)7-12)19-15(20)8-16(21)22/h1-7H,8-9H2,(H,19,20)(H,21,22). The molecule has 0 spiro atoms. The van der Waals surface area contributed by atoms with Gasteiger partial charge in [-0.1, -0.05) is 12.1 Å². The summed E-state index contributed by atoms with van der Waals surface area (Å²) in [5.41, 5.74) is 0.443. The smallest absolute Gasteiger partial charge is 0.312 e. The minimum absolute atomic E-state index is 0.0575. The first-order chi connectivity index (χ1) is 10.9. The van der Waals surface area contributed by atoms with Gasteiger partial charge in [-0.15, -0.1) is 0 Å². The zero-order valence-corrected chi connectivity index (χ0v) is 11.9. The van der Waals surface area contributed by atoms with Crippen LogP contribution in [0.3, 0.4) is 0 Å². The number of aliphatic carboxylic acids is 1. The minimum atomic E-state index is -1.31. The number of carboxylic acid groups (broad SMARTS) is 1. The van der Waals surface area contributed by atoms with E-state index in [1.165, 1.54) is 30.3 Å². The number of carbonyl (C=O) groups is 2. The average Bonchev–Trinajstić information content (AvgIpc) is 2.47. The third-order valence-corrected chi connectivity index (χ3v) is 2.82. The van der Waals surface area contributed by atoms with E-state index < -0.39 is 29.9 Å². The molecule has 23 heavy (non-hydrogen) atoms. The summed E-state index contributed by atoms with van der Waals surface area (Å²) >= 11 is 0. The Morgan fingerprint density at radius 2 is 1.91 bits per heavy atom. The van der Waals surface area contributed by atoms with Crippen LogP contribution in [0.5, 0.6) is 5.75 Å². The lowest BCUT2D eigenvalue weighted by Crippen LogP contribution is -2.16. The van der Waals surface area contributed by atoms with Gasteiger partial charge in [0.2, 0.25) is 5.91 Å². The molecule has 7 heteroatoms. The van der Waals surface area contributed by atoms with Crippen molar-refractivity contribution < 1.29 is 28.2 Å². The summed E-state index contributed by atoms with van der Waals surface area (Å²) in [5.74, 6) is -3.10. The number of benzene rings is 2. The number of carbonyl (C=O) groups excluding carboxylic acids is 1. The zero-order valence-electron chi connectivity index (χ0n) is 11.9. The SMILES string of the molecule is O=C(O)CC(=O)Nc1ccc(OCc2cccc(F)c2)cc1F. The Labute approximate surface area is 130 Å². The van der Waals surface area contributed by atoms with Gasteiger partial charge in [-0.2, -0.15) is 0 Å². The van der Waals surface area contributed by atoms with Crippen LogP contribution in [0.1, 0.15) is 12.0 Å². The van der Waals surface area contributed by atoms with Crippen LogP contribution in [0.25, 0.3) is 0 Å². The molecular formula is C16H13F2NO4. The molecule has 0 aromatic heterocycles. The fourth-order valence-corrected chi connectivity index (χ4v) is 1.81. The van der Waals surface area contributed by atoms with Gasteiger partial charge in [0.15, 0.2) is 0 Å². The number of carboxylic acids is 1. The van der Waals surface area contributed by atoms with E-state index in [2.05, 4.69) is 5.32 Å². The molecule has 2 aromatic rings. The Bertz CT molecular complexity index is 734. The molecule has 0 bridgehead atoms. The van der Waals surface area contributed by atoms with E-state index in [0.29, 0.717) is 5.56 Å². The first-order valence-electron chi connectivity index (χ1n) is 6.62. The first kappa shape index (κ1) is 16.4. The van der Waals surface area contributed by atoms with Gasteiger partial charge >= 0.3 is 5.97 Å². The molecule has 0 aliphatic carbocycles. The number of rotatable bonds is 6. The predicted molar refractivity (Wildman–Crippen MR) is 78.0 cm³/mol. The zero-order chi connectivity index (χ0) is 16.8. The molecule has 5 nitrogen and oxygen atoms in total. The summed E-state index contributed by atoms with van der Waals surface area (Å²) in [5, 5.41) is 10.6. The third kappa shape index (κ3) is 5.06. The summed E-state index contributed by atoms with van der Waals surface area (Å²) in [4.78, 5) is 21.7. The van der Waals surface area contributed by atoms with Crippen LogP contribution in [0, 0.1) is 11.6 Å². The van der Waals surface area contributed by atoms with Crippen molar-refractivity contribution in [2.45, 2.75) is 13.0 Å². The Morgan fingerprint density at radius 3 is 2.57 bits per heavy atom. The summed E-state index contributed by atoms with van der Waals surface area (Å²) in [6.07, 6.45) is -0.753. The highest BCUT2D eigenvalue weighted by atomic mass is 19.1. The quantitative estimate of drug-likeness (QED) is 0.802. The van der Waals surface area contributed by atoms with E-state index in [1.54, 1.807) is 6.07 Å². The van der Waals surface area contributed by atoms with Crippen molar-refractivity contribution in [2.24, 2.45) is 0 Å². The van der Waals surface area contributed by atoms with E-state index in [1.807, 2.05) is 0 Å². The molecule has 0 fully saturated rings. The lowest BCUT2D eigenvalue weighted by Gasteiger charge is -2.09. The van der Waals surface area contributed by atoms with Gasteiger partial charge in [-0.05, 0) is 29.8 Å². The molecular weight excluding hydrogens is 308 g/mol. The molecule has 0 radical (unpaired) electrons. The van der Waals surface area contributed by atoms with E-state index >= 15 is 0 Å². The number of hydrogen-bond donors (Lipinski definition) is 2. The second-order valence-corrected chi connectivity index (χ2v) is 4.68. The summed E-state index contributed by atoms with van der Waals surface area (Å²) in [6, 6.07) is 9.54. The van der Waals surface area contributed by atoms with Crippen LogP contribution in [0.2, 0.25) is 0 Å². The largest absolute Gasteiger partial charge is 0.489 e. The average molecular weight is 321 g/mol. The summed E-state index contributed by atoms with van der Waals surface area (Å²) in [7, 11) is 0. The van der Waals surface area contributed by atoms with Crippen LogP contribution in [0.4, 0.5) is 14.5 Å². The van der Waals surface area contributed by atoms with Gasteiger partial charge in [0.25, 0.3) is 0 Å². The lowest BCUT2D eigenvalue weighted by atomic mass is 10.2. The molecule has 1 amide bonds. The van der Waals surface area contributed by atoms with Gasteiger partial charge in [0, 0.05) is 6.07 Å². The number of nitrogens with one attached hydrogen (secondary N) is 1. The molecule has 2 rings (SSSR count). The van der Waals surface area contributed by atoms with Gasteiger partial charge < -0.3 is 15.2 Å². The van der Waals surface area contributed by atoms with Crippen LogP contribution < -0.4 is 10.1 Å². The first-order valence-corrected chi connectivity index (χ1v) is 6.62. The molecule has 0 saturated carbocycles. The molecule has 0 heterocycles. The topological polar surface area (TPSA) is 75.6 Å².